The fourth-order valence-electron chi connectivity index (χ4n) is 1.72. The number of aromatic hydroxyl groups is 1. The van der Waals surface area contributed by atoms with Gasteiger partial charge >= 0.3 is 0 Å². The van der Waals surface area contributed by atoms with E-state index in [0.717, 1.165) is 15.7 Å². The van der Waals surface area contributed by atoms with Crippen molar-refractivity contribution in [2.45, 2.75) is 6.92 Å². The second-order valence-electron chi connectivity index (χ2n) is 4.84. The monoisotopic (exact) mass is 439 g/mol. The molecule has 2 aromatic carbocycles. The van der Waals surface area contributed by atoms with E-state index in [4.69, 9.17) is 0 Å². The average molecular weight is 441 g/mol. The first-order valence-electron chi connectivity index (χ1n) is 6.76. The van der Waals surface area contributed by atoms with Crippen molar-refractivity contribution >= 4 is 49.7 Å². The second kappa shape index (κ2) is 8.12. The number of hydrazone groups is 1. The zero-order valence-corrected chi connectivity index (χ0v) is 15.5. The molecule has 0 aliphatic carbocycles. The van der Waals surface area contributed by atoms with Gasteiger partial charge in [0.25, 0.3) is 5.91 Å². The fraction of sp³-hybridized carbons (Fsp3) is 0.125. The van der Waals surface area contributed by atoms with Gasteiger partial charge in [-0.1, -0.05) is 33.6 Å². The predicted molar refractivity (Wildman–Crippen MR) is 98.9 cm³/mol. The number of carbonyl (C=O) groups excluding carboxylic acids is 1. The third kappa shape index (κ3) is 5.37. The summed E-state index contributed by atoms with van der Waals surface area (Å²) in [6.45, 7) is 2.12. The van der Waals surface area contributed by atoms with Crippen molar-refractivity contribution in [1.82, 2.24) is 5.43 Å². The number of nitrogens with one attached hydrogen (secondary N) is 2. The Bertz CT molecular complexity index is 731. The number of hydrogen-bond acceptors (Lipinski definition) is 4. The number of hydrogen-bond donors (Lipinski definition) is 3. The van der Waals surface area contributed by atoms with Gasteiger partial charge in [-0.25, -0.2) is 5.43 Å². The van der Waals surface area contributed by atoms with E-state index < -0.39 is 0 Å². The van der Waals surface area contributed by atoms with Crippen LogP contribution in [0, 0.1) is 6.92 Å². The van der Waals surface area contributed by atoms with Crippen LogP contribution in [0.1, 0.15) is 11.1 Å². The van der Waals surface area contributed by atoms with Crippen LogP contribution in [0.2, 0.25) is 0 Å². The molecule has 0 aliphatic heterocycles. The molecular formula is C16H15Br2N3O2. The summed E-state index contributed by atoms with van der Waals surface area (Å²) in [5.74, 6) is -0.165. The van der Waals surface area contributed by atoms with Crippen LogP contribution in [0.4, 0.5) is 5.69 Å². The molecule has 0 radical (unpaired) electrons. The first kappa shape index (κ1) is 17.5. The van der Waals surface area contributed by atoms with Crippen molar-refractivity contribution in [2.75, 3.05) is 11.9 Å². The molecule has 0 unspecified atom stereocenters. The highest BCUT2D eigenvalue weighted by Crippen LogP contribution is 2.29. The number of phenolic OH excluding ortho intramolecular Hbond substituents is 1. The van der Waals surface area contributed by atoms with Gasteiger partial charge in [-0.15, -0.1) is 0 Å². The summed E-state index contributed by atoms with van der Waals surface area (Å²) >= 11 is 6.57. The Hall–Kier alpha value is -1.86. The van der Waals surface area contributed by atoms with E-state index in [1.165, 1.54) is 12.3 Å². The molecule has 0 fully saturated rings. The van der Waals surface area contributed by atoms with Crippen molar-refractivity contribution in [1.29, 1.82) is 0 Å². The van der Waals surface area contributed by atoms with Gasteiger partial charge in [0, 0.05) is 15.7 Å². The number of benzene rings is 2. The van der Waals surface area contributed by atoms with E-state index in [-0.39, 0.29) is 18.2 Å². The highest BCUT2D eigenvalue weighted by Gasteiger charge is 2.04. The Labute approximate surface area is 151 Å². The number of amides is 1. The summed E-state index contributed by atoms with van der Waals surface area (Å²) in [4.78, 5) is 11.7. The fourth-order valence-corrected chi connectivity index (χ4v) is 2.82. The molecule has 0 bridgehead atoms. The smallest absolute Gasteiger partial charge is 0.259 e. The maximum atomic E-state index is 11.7. The molecule has 5 nitrogen and oxygen atoms in total. The SMILES string of the molecule is Cc1ccc(NCC(=O)N/N=C/c2cc(O)c(Br)cc2Br)cc1. The standard InChI is InChI=1S/C16H15Br2N3O2/c1-10-2-4-12(5-3-10)19-9-16(23)21-20-8-11-6-15(22)14(18)7-13(11)17/h2-8,19,22H,9H2,1H3,(H,21,23)/b20-8+. The molecular weight excluding hydrogens is 426 g/mol. The van der Waals surface area contributed by atoms with Crippen LogP contribution < -0.4 is 10.7 Å². The topological polar surface area (TPSA) is 73.7 Å². The van der Waals surface area contributed by atoms with E-state index in [2.05, 4.69) is 47.7 Å². The van der Waals surface area contributed by atoms with Crippen LogP contribution in [0.3, 0.4) is 0 Å². The number of aryl methyl sites for hydroxylation is 1. The third-order valence-corrected chi connectivity index (χ3v) is 4.29. The molecule has 0 saturated carbocycles. The van der Waals surface area contributed by atoms with Gasteiger partial charge in [-0.3, -0.25) is 4.79 Å². The van der Waals surface area contributed by atoms with E-state index in [1.807, 2.05) is 31.2 Å². The molecule has 0 saturated heterocycles. The van der Waals surface area contributed by atoms with E-state index >= 15 is 0 Å². The molecule has 0 atom stereocenters. The highest BCUT2D eigenvalue weighted by atomic mass is 79.9. The lowest BCUT2D eigenvalue weighted by atomic mass is 10.2. The van der Waals surface area contributed by atoms with E-state index in [9.17, 15) is 9.90 Å². The van der Waals surface area contributed by atoms with Crippen LogP contribution in [0.15, 0.2) is 50.4 Å². The molecule has 120 valence electrons. The molecule has 3 N–H and O–H groups in total. The quantitative estimate of drug-likeness (QED) is 0.489. The van der Waals surface area contributed by atoms with Crippen molar-refractivity contribution in [2.24, 2.45) is 5.10 Å². The minimum absolute atomic E-state index is 0.0991. The van der Waals surface area contributed by atoms with E-state index in [0.29, 0.717) is 10.0 Å². The molecule has 7 heteroatoms. The number of anilines is 1. The third-order valence-electron chi connectivity index (χ3n) is 2.96. The molecule has 0 aliphatic rings. The van der Waals surface area contributed by atoms with Crippen molar-refractivity contribution < 1.29 is 9.90 Å². The van der Waals surface area contributed by atoms with Crippen LogP contribution in [-0.2, 0) is 4.79 Å². The Morgan fingerprint density at radius 3 is 2.61 bits per heavy atom. The molecule has 0 heterocycles. The number of phenols is 1. The van der Waals surface area contributed by atoms with Gasteiger partial charge in [0.15, 0.2) is 0 Å². The van der Waals surface area contributed by atoms with Gasteiger partial charge in [0.1, 0.15) is 5.75 Å². The lowest BCUT2D eigenvalue weighted by Gasteiger charge is -2.05. The minimum atomic E-state index is -0.265. The number of nitrogens with zero attached hydrogens (tertiary/aromatic N) is 1. The lowest BCUT2D eigenvalue weighted by Crippen LogP contribution is -2.25. The maximum Gasteiger partial charge on any atom is 0.259 e. The number of carbonyl (C=O) groups is 1. The van der Waals surface area contributed by atoms with Crippen LogP contribution in [-0.4, -0.2) is 23.8 Å². The van der Waals surface area contributed by atoms with Crippen molar-refractivity contribution in [3.8, 4) is 5.75 Å². The summed E-state index contributed by atoms with van der Waals surface area (Å²) in [6, 6.07) is 11.0. The number of halogens is 2. The first-order valence-corrected chi connectivity index (χ1v) is 8.35. The normalized spacial score (nSPS) is 10.7. The first-order chi connectivity index (χ1) is 11.0. The molecule has 23 heavy (non-hydrogen) atoms. The number of rotatable bonds is 5. The van der Waals surface area contributed by atoms with E-state index in [1.54, 1.807) is 6.07 Å². The maximum absolute atomic E-state index is 11.7. The minimum Gasteiger partial charge on any atom is -0.507 e. The Morgan fingerprint density at radius 2 is 1.91 bits per heavy atom. The molecule has 0 spiro atoms. The van der Waals surface area contributed by atoms with Gasteiger partial charge in [0.05, 0.1) is 17.2 Å². The summed E-state index contributed by atoms with van der Waals surface area (Å²) in [5, 5.41) is 16.5. The summed E-state index contributed by atoms with van der Waals surface area (Å²) in [5.41, 5.74) is 5.11. The van der Waals surface area contributed by atoms with Gasteiger partial charge in [-0.2, -0.15) is 5.10 Å². The Morgan fingerprint density at radius 1 is 1.22 bits per heavy atom. The zero-order chi connectivity index (χ0) is 16.8. The molecule has 1 amide bonds. The predicted octanol–water partition coefficient (Wildman–Crippen LogP) is 3.79. The van der Waals surface area contributed by atoms with Gasteiger partial charge < -0.3 is 10.4 Å². The Balaban J connectivity index is 1.86. The van der Waals surface area contributed by atoms with Crippen molar-refractivity contribution in [3.05, 3.63) is 56.5 Å². The molecule has 2 aromatic rings. The lowest BCUT2D eigenvalue weighted by molar-refractivity contribution is -0.119. The summed E-state index contributed by atoms with van der Waals surface area (Å²) in [7, 11) is 0. The second-order valence-corrected chi connectivity index (χ2v) is 6.55. The summed E-state index contributed by atoms with van der Waals surface area (Å²) in [6.07, 6.45) is 1.46. The van der Waals surface area contributed by atoms with Crippen LogP contribution >= 0.6 is 31.9 Å². The van der Waals surface area contributed by atoms with Crippen LogP contribution in [0.25, 0.3) is 0 Å². The van der Waals surface area contributed by atoms with Crippen molar-refractivity contribution in [3.63, 3.8) is 0 Å². The molecule has 0 aromatic heterocycles. The zero-order valence-electron chi connectivity index (χ0n) is 12.3. The Kier molecular flexibility index (Phi) is 6.18. The van der Waals surface area contributed by atoms with Gasteiger partial charge in [-0.05, 0) is 47.1 Å². The molecule has 2 rings (SSSR count). The summed E-state index contributed by atoms with van der Waals surface area (Å²) < 4.78 is 1.32. The highest BCUT2D eigenvalue weighted by molar-refractivity contribution is 9.11. The largest absolute Gasteiger partial charge is 0.507 e. The van der Waals surface area contributed by atoms with Crippen LogP contribution in [0.5, 0.6) is 5.75 Å². The van der Waals surface area contributed by atoms with Gasteiger partial charge in [0.2, 0.25) is 0 Å². The average Bonchev–Trinajstić information content (AvgIpc) is 2.52.